The van der Waals surface area contributed by atoms with Crippen LogP contribution < -0.4 is 9.62 Å². The minimum atomic E-state index is -3.69. The van der Waals surface area contributed by atoms with Crippen LogP contribution in [0.5, 0.6) is 0 Å². The third-order valence-corrected chi connectivity index (χ3v) is 5.32. The first kappa shape index (κ1) is 15.8. The molecule has 0 fully saturated rings. The number of aryl methyl sites for hydroxylation is 1. The van der Waals surface area contributed by atoms with E-state index in [2.05, 4.69) is 26.2 Å². The Labute approximate surface area is 133 Å². The molecule has 0 radical (unpaired) electrons. The first-order chi connectivity index (χ1) is 9.86. The Morgan fingerprint density at radius 3 is 2.43 bits per heavy atom. The zero-order valence-corrected chi connectivity index (χ0v) is 14.4. The molecule has 0 unspecified atom stereocenters. The zero-order chi connectivity index (χ0) is 15.6. The lowest BCUT2D eigenvalue weighted by molar-refractivity contribution is 0.594. The van der Waals surface area contributed by atoms with Crippen LogP contribution in [0.15, 0.2) is 45.9 Å². The Kier molecular flexibility index (Phi) is 4.53. The highest BCUT2D eigenvalue weighted by molar-refractivity contribution is 9.10. The predicted octanol–water partition coefficient (Wildman–Crippen LogP) is 3.02. The smallest absolute Gasteiger partial charge is 0.267 e. The highest BCUT2D eigenvalue weighted by atomic mass is 79.9. The molecule has 1 aromatic carbocycles. The minimum absolute atomic E-state index is 0.127. The highest BCUT2D eigenvalue weighted by Crippen LogP contribution is 2.28. The average molecular weight is 370 g/mol. The topological polar surface area (TPSA) is 62.3 Å². The summed E-state index contributed by atoms with van der Waals surface area (Å²) in [5.74, 6) is 0.317. The van der Waals surface area contributed by atoms with Crippen molar-refractivity contribution < 1.29 is 8.42 Å². The van der Waals surface area contributed by atoms with Crippen molar-refractivity contribution in [2.75, 3.05) is 23.7 Å². The van der Waals surface area contributed by atoms with E-state index in [9.17, 15) is 8.42 Å². The first-order valence-corrected chi connectivity index (χ1v) is 8.48. The van der Waals surface area contributed by atoms with Gasteiger partial charge in [-0.2, -0.15) is 0 Å². The van der Waals surface area contributed by atoms with Gasteiger partial charge in [-0.3, -0.25) is 4.31 Å². The molecule has 21 heavy (non-hydrogen) atoms. The summed E-state index contributed by atoms with van der Waals surface area (Å²) < 4.78 is 27.4. The summed E-state index contributed by atoms with van der Waals surface area (Å²) in [5, 5.41) is 2.81. The Balaban J connectivity index is 2.51. The number of sulfonamides is 1. The van der Waals surface area contributed by atoms with Crippen molar-refractivity contribution in [3.63, 3.8) is 0 Å². The van der Waals surface area contributed by atoms with Crippen molar-refractivity contribution in [3.8, 4) is 0 Å². The van der Waals surface area contributed by atoms with E-state index in [0.29, 0.717) is 16.0 Å². The van der Waals surface area contributed by atoms with Crippen LogP contribution >= 0.6 is 15.9 Å². The lowest BCUT2D eigenvalue weighted by atomic mass is 10.2. The van der Waals surface area contributed by atoms with Gasteiger partial charge in [0.25, 0.3) is 10.0 Å². The van der Waals surface area contributed by atoms with E-state index >= 15 is 0 Å². The second kappa shape index (κ2) is 6.03. The molecule has 1 heterocycles. The molecule has 0 spiro atoms. The van der Waals surface area contributed by atoms with Crippen LogP contribution in [-0.2, 0) is 10.0 Å². The van der Waals surface area contributed by atoms with Gasteiger partial charge in [0.05, 0.1) is 5.69 Å². The van der Waals surface area contributed by atoms with E-state index < -0.39 is 10.0 Å². The fourth-order valence-corrected chi connectivity index (χ4v) is 3.70. The minimum Gasteiger partial charge on any atom is -0.372 e. The van der Waals surface area contributed by atoms with Gasteiger partial charge >= 0.3 is 0 Å². The molecule has 0 bridgehead atoms. The van der Waals surface area contributed by atoms with Gasteiger partial charge in [0.2, 0.25) is 0 Å². The van der Waals surface area contributed by atoms with Gasteiger partial charge in [0.1, 0.15) is 10.7 Å². The number of anilines is 2. The van der Waals surface area contributed by atoms with Crippen LogP contribution in [0.4, 0.5) is 11.5 Å². The maximum atomic E-state index is 12.8. The van der Waals surface area contributed by atoms with E-state index in [4.69, 9.17) is 0 Å². The molecule has 2 rings (SSSR count). The molecule has 2 aromatic rings. The van der Waals surface area contributed by atoms with Crippen LogP contribution in [0.25, 0.3) is 0 Å². The summed E-state index contributed by atoms with van der Waals surface area (Å²) in [5.41, 5.74) is 1.67. The molecular weight excluding hydrogens is 354 g/mol. The van der Waals surface area contributed by atoms with Crippen LogP contribution in [0, 0.1) is 6.92 Å². The van der Waals surface area contributed by atoms with Crippen molar-refractivity contribution in [1.29, 1.82) is 0 Å². The Morgan fingerprint density at radius 1 is 1.24 bits per heavy atom. The Hall–Kier alpha value is -1.60. The zero-order valence-electron chi connectivity index (χ0n) is 12.0. The molecule has 0 saturated heterocycles. The van der Waals surface area contributed by atoms with E-state index in [-0.39, 0.29) is 4.90 Å². The molecule has 0 saturated carbocycles. The number of rotatable bonds is 4. The van der Waals surface area contributed by atoms with Crippen LogP contribution in [0.1, 0.15) is 5.56 Å². The Bertz CT molecular complexity index is 745. The number of nitrogens with one attached hydrogen (secondary N) is 1. The summed E-state index contributed by atoms with van der Waals surface area (Å²) in [7, 11) is -0.524. The molecule has 5 nitrogen and oxygen atoms in total. The quantitative estimate of drug-likeness (QED) is 0.899. The summed E-state index contributed by atoms with van der Waals surface area (Å²) in [6.45, 7) is 1.95. The lowest BCUT2D eigenvalue weighted by Gasteiger charge is -2.21. The number of aromatic nitrogens is 1. The van der Waals surface area contributed by atoms with E-state index in [1.165, 1.54) is 11.4 Å². The first-order valence-electron chi connectivity index (χ1n) is 6.25. The average Bonchev–Trinajstić information content (AvgIpc) is 2.47. The molecule has 0 aliphatic carbocycles. The van der Waals surface area contributed by atoms with Gasteiger partial charge in [-0.05, 0) is 41.1 Å². The monoisotopic (exact) mass is 369 g/mol. The van der Waals surface area contributed by atoms with Gasteiger partial charge in [-0.1, -0.05) is 17.7 Å². The summed E-state index contributed by atoms with van der Waals surface area (Å²) in [6, 6.07) is 8.84. The summed E-state index contributed by atoms with van der Waals surface area (Å²) >= 11 is 3.26. The maximum absolute atomic E-state index is 12.8. The van der Waals surface area contributed by atoms with Crippen molar-refractivity contribution in [2.45, 2.75) is 11.8 Å². The molecule has 0 aliphatic rings. The van der Waals surface area contributed by atoms with E-state index in [0.717, 1.165) is 5.56 Å². The maximum Gasteiger partial charge on any atom is 0.267 e. The predicted molar refractivity (Wildman–Crippen MR) is 88.3 cm³/mol. The number of nitrogens with zero attached hydrogens (tertiary/aromatic N) is 2. The molecule has 112 valence electrons. The molecule has 1 aromatic heterocycles. The van der Waals surface area contributed by atoms with Gasteiger partial charge in [0, 0.05) is 24.8 Å². The second-order valence-electron chi connectivity index (χ2n) is 4.56. The van der Waals surface area contributed by atoms with E-state index in [1.807, 2.05) is 19.1 Å². The van der Waals surface area contributed by atoms with Gasteiger partial charge < -0.3 is 5.32 Å². The highest BCUT2D eigenvalue weighted by Gasteiger charge is 2.25. The number of benzene rings is 1. The van der Waals surface area contributed by atoms with Crippen molar-refractivity contribution in [2.24, 2.45) is 0 Å². The van der Waals surface area contributed by atoms with Gasteiger partial charge in [-0.25, -0.2) is 13.4 Å². The summed E-state index contributed by atoms with van der Waals surface area (Å²) in [4.78, 5) is 4.22. The van der Waals surface area contributed by atoms with Crippen LogP contribution in [-0.4, -0.2) is 27.5 Å². The third-order valence-electron chi connectivity index (χ3n) is 3.09. The molecule has 0 amide bonds. The standard InChI is InChI=1S/C14H16BrN3O2S/c1-10-4-6-12(7-5-10)18(3)21(19,20)13-8-11(15)9-17-14(13)16-2/h4-9H,1-3H3,(H,16,17). The largest absolute Gasteiger partial charge is 0.372 e. The lowest BCUT2D eigenvalue weighted by Crippen LogP contribution is -2.27. The molecule has 0 atom stereocenters. The van der Waals surface area contributed by atoms with Gasteiger partial charge in [0.15, 0.2) is 0 Å². The summed E-state index contributed by atoms with van der Waals surface area (Å²) in [6.07, 6.45) is 1.55. The van der Waals surface area contributed by atoms with Crippen molar-refractivity contribution in [3.05, 3.63) is 46.6 Å². The molecular formula is C14H16BrN3O2S. The Morgan fingerprint density at radius 2 is 1.86 bits per heavy atom. The molecule has 7 heteroatoms. The fraction of sp³-hybridized carbons (Fsp3) is 0.214. The third kappa shape index (κ3) is 3.19. The number of halogens is 1. The number of pyridine rings is 1. The van der Waals surface area contributed by atoms with Crippen LogP contribution in [0.2, 0.25) is 0 Å². The van der Waals surface area contributed by atoms with Crippen molar-refractivity contribution >= 4 is 37.5 Å². The van der Waals surface area contributed by atoms with Crippen LogP contribution in [0.3, 0.4) is 0 Å². The molecule has 0 aliphatic heterocycles. The fourth-order valence-electron chi connectivity index (χ4n) is 1.85. The number of hydrogen-bond acceptors (Lipinski definition) is 4. The number of hydrogen-bond donors (Lipinski definition) is 1. The molecule has 1 N–H and O–H groups in total. The second-order valence-corrected chi connectivity index (χ2v) is 7.41. The van der Waals surface area contributed by atoms with Gasteiger partial charge in [-0.15, -0.1) is 0 Å². The van der Waals surface area contributed by atoms with E-state index in [1.54, 1.807) is 31.4 Å². The SMILES string of the molecule is CNc1ncc(Br)cc1S(=O)(=O)N(C)c1ccc(C)cc1. The normalized spacial score (nSPS) is 11.2. The van der Waals surface area contributed by atoms with Crippen molar-refractivity contribution in [1.82, 2.24) is 4.98 Å².